The fourth-order valence-electron chi connectivity index (χ4n) is 1.20. The van der Waals surface area contributed by atoms with Crippen LogP contribution < -0.4 is 0 Å². The number of carbonyl (C=O) groups excluding carboxylic acids is 1. The summed E-state index contributed by atoms with van der Waals surface area (Å²) >= 11 is 0. The molecule has 0 saturated carbocycles. The summed E-state index contributed by atoms with van der Waals surface area (Å²) < 4.78 is 1.26. The first-order valence-electron chi connectivity index (χ1n) is 4.21. The highest BCUT2D eigenvalue weighted by atomic mass is 16.2. The maximum absolute atomic E-state index is 11.6. The summed E-state index contributed by atoms with van der Waals surface area (Å²) in [5.74, 6) is -0.223. The molecule has 0 bridgehead atoms. The number of rotatable bonds is 1. The second-order valence-corrected chi connectivity index (χ2v) is 3.08. The SMILES string of the molecule is C=C(C)C(=O)n1nnc2ccccc21. The van der Waals surface area contributed by atoms with Crippen LogP contribution in [-0.4, -0.2) is 20.9 Å². The summed E-state index contributed by atoms with van der Waals surface area (Å²) in [5.41, 5.74) is 1.86. The molecule has 1 aromatic heterocycles. The van der Waals surface area contributed by atoms with Crippen molar-refractivity contribution in [1.82, 2.24) is 15.0 Å². The Labute approximate surface area is 80.8 Å². The van der Waals surface area contributed by atoms with Crippen molar-refractivity contribution >= 4 is 16.9 Å². The van der Waals surface area contributed by atoms with Crippen LogP contribution in [0.4, 0.5) is 0 Å². The lowest BCUT2D eigenvalue weighted by atomic mass is 10.3. The number of aromatic nitrogens is 3. The predicted octanol–water partition coefficient (Wildman–Crippen LogP) is 1.65. The van der Waals surface area contributed by atoms with Gasteiger partial charge >= 0.3 is 0 Å². The van der Waals surface area contributed by atoms with Gasteiger partial charge in [-0.15, -0.1) is 5.10 Å². The second kappa shape index (κ2) is 3.06. The average Bonchev–Trinajstić information content (AvgIpc) is 2.60. The Balaban J connectivity index is 2.64. The Morgan fingerprint density at radius 3 is 2.86 bits per heavy atom. The fourth-order valence-corrected chi connectivity index (χ4v) is 1.20. The predicted molar refractivity (Wildman–Crippen MR) is 53.0 cm³/mol. The van der Waals surface area contributed by atoms with Gasteiger partial charge in [-0.05, 0) is 19.1 Å². The molecule has 0 spiro atoms. The van der Waals surface area contributed by atoms with Crippen LogP contribution in [0.5, 0.6) is 0 Å². The zero-order valence-electron chi connectivity index (χ0n) is 7.77. The third-order valence-electron chi connectivity index (χ3n) is 1.91. The number of hydrogen-bond donors (Lipinski definition) is 0. The highest BCUT2D eigenvalue weighted by Crippen LogP contribution is 2.10. The van der Waals surface area contributed by atoms with Crippen molar-refractivity contribution in [3.05, 3.63) is 36.4 Å². The minimum absolute atomic E-state index is 0.223. The highest BCUT2D eigenvalue weighted by Gasteiger charge is 2.11. The third kappa shape index (κ3) is 1.21. The first-order chi connectivity index (χ1) is 6.70. The molecule has 0 amide bonds. The van der Waals surface area contributed by atoms with Gasteiger partial charge in [0.25, 0.3) is 5.91 Å². The van der Waals surface area contributed by atoms with Crippen molar-refractivity contribution in [2.45, 2.75) is 6.92 Å². The van der Waals surface area contributed by atoms with Gasteiger partial charge in [0.15, 0.2) is 0 Å². The third-order valence-corrected chi connectivity index (χ3v) is 1.91. The molecule has 0 aliphatic rings. The molecular weight excluding hydrogens is 178 g/mol. The van der Waals surface area contributed by atoms with Crippen molar-refractivity contribution in [2.24, 2.45) is 0 Å². The number of benzene rings is 1. The summed E-state index contributed by atoms with van der Waals surface area (Å²) in [4.78, 5) is 11.6. The molecule has 0 unspecified atom stereocenters. The van der Waals surface area contributed by atoms with Gasteiger partial charge in [0.1, 0.15) is 5.52 Å². The molecular formula is C10H9N3O. The molecule has 0 aliphatic carbocycles. The summed E-state index contributed by atoms with van der Waals surface area (Å²) in [6, 6.07) is 7.31. The molecule has 0 saturated heterocycles. The molecule has 2 rings (SSSR count). The summed E-state index contributed by atoms with van der Waals surface area (Å²) in [7, 11) is 0. The van der Waals surface area contributed by atoms with Crippen LogP contribution in [0.1, 0.15) is 11.7 Å². The summed E-state index contributed by atoms with van der Waals surface area (Å²) in [6.45, 7) is 5.23. The monoisotopic (exact) mass is 187 g/mol. The standard InChI is InChI=1S/C10H9N3O/c1-7(2)10(14)13-9-6-4-3-5-8(9)11-12-13/h3-6H,1H2,2H3. The lowest BCUT2D eigenvalue weighted by Crippen LogP contribution is -2.12. The van der Waals surface area contributed by atoms with E-state index in [9.17, 15) is 4.79 Å². The summed E-state index contributed by atoms with van der Waals surface area (Å²) in [5, 5.41) is 7.65. The number of allylic oxidation sites excluding steroid dienone is 1. The Morgan fingerprint density at radius 2 is 2.14 bits per heavy atom. The largest absolute Gasteiger partial charge is 0.275 e. The topological polar surface area (TPSA) is 47.8 Å². The molecule has 4 nitrogen and oxygen atoms in total. The van der Waals surface area contributed by atoms with E-state index < -0.39 is 0 Å². The van der Waals surface area contributed by atoms with Gasteiger partial charge in [0.05, 0.1) is 5.52 Å². The molecule has 2 aromatic rings. The number of hydrogen-bond acceptors (Lipinski definition) is 3. The van der Waals surface area contributed by atoms with Crippen LogP contribution in [0.2, 0.25) is 0 Å². The van der Waals surface area contributed by atoms with E-state index in [1.807, 2.05) is 18.2 Å². The lowest BCUT2D eigenvalue weighted by molar-refractivity contribution is 0.0944. The zero-order chi connectivity index (χ0) is 10.1. The molecule has 0 aliphatic heterocycles. The van der Waals surface area contributed by atoms with Crippen LogP contribution in [-0.2, 0) is 0 Å². The van der Waals surface area contributed by atoms with E-state index in [1.54, 1.807) is 13.0 Å². The molecule has 14 heavy (non-hydrogen) atoms. The van der Waals surface area contributed by atoms with E-state index in [1.165, 1.54) is 4.68 Å². The fraction of sp³-hybridized carbons (Fsp3) is 0.100. The Hall–Kier alpha value is -1.97. The average molecular weight is 187 g/mol. The van der Waals surface area contributed by atoms with Crippen molar-refractivity contribution < 1.29 is 4.79 Å². The first-order valence-corrected chi connectivity index (χ1v) is 4.21. The molecule has 0 atom stereocenters. The minimum Gasteiger partial charge on any atom is -0.267 e. The molecule has 70 valence electrons. The molecule has 1 aromatic carbocycles. The Bertz CT molecular complexity index is 513. The first kappa shape index (κ1) is 8.62. The maximum atomic E-state index is 11.6. The highest BCUT2D eigenvalue weighted by molar-refractivity contribution is 5.98. The quantitative estimate of drug-likeness (QED) is 0.638. The number of fused-ring (bicyclic) bond motifs is 1. The summed E-state index contributed by atoms with van der Waals surface area (Å²) in [6.07, 6.45) is 0. The smallest absolute Gasteiger partial charge is 0.267 e. The van der Waals surface area contributed by atoms with Crippen molar-refractivity contribution in [3.63, 3.8) is 0 Å². The number of para-hydroxylation sites is 1. The molecule has 1 heterocycles. The van der Waals surface area contributed by atoms with Crippen molar-refractivity contribution in [2.75, 3.05) is 0 Å². The van der Waals surface area contributed by atoms with E-state index in [0.717, 1.165) is 0 Å². The van der Waals surface area contributed by atoms with Crippen LogP contribution in [0.25, 0.3) is 11.0 Å². The van der Waals surface area contributed by atoms with Gasteiger partial charge in [-0.2, -0.15) is 4.68 Å². The Kier molecular flexibility index (Phi) is 1.89. The molecule has 0 N–H and O–H groups in total. The molecule has 4 heteroatoms. The van der Waals surface area contributed by atoms with E-state index >= 15 is 0 Å². The zero-order valence-corrected chi connectivity index (χ0v) is 7.77. The van der Waals surface area contributed by atoms with E-state index in [-0.39, 0.29) is 5.91 Å². The van der Waals surface area contributed by atoms with E-state index in [0.29, 0.717) is 16.6 Å². The minimum atomic E-state index is -0.223. The molecule has 0 fully saturated rings. The van der Waals surface area contributed by atoms with E-state index in [4.69, 9.17) is 0 Å². The lowest BCUT2D eigenvalue weighted by Gasteiger charge is -1.98. The van der Waals surface area contributed by atoms with Crippen LogP contribution in [0.15, 0.2) is 36.4 Å². The van der Waals surface area contributed by atoms with Crippen LogP contribution in [0.3, 0.4) is 0 Å². The Morgan fingerprint density at radius 1 is 1.43 bits per heavy atom. The normalized spacial score (nSPS) is 10.4. The van der Waals surface area contributed by atoms with Gasteiger partial charge in [-0.25, -0.2) is 0 Å². The van der Waals surface area contributed by atoms with Gasteiger partial charge in [-0.3, -0.25) is 4.79 Å². The van der Waals surface area contributed by atoms with Gasteiger partial charge < -0.3 is 0 Å². The van der Waals surface area contributed by atoms with Crippen molar-refractivity contribution in [1.29, 1.82) is 0 Å². The number of carbonyl (C=O) groups is 1. The number of nitrogens with zero attached hydrogens (tertiary/aromatic N) is 3. The van der Waals surface area contributed by atoms with E-state index in [2.05, 4.69) is 16.9 Å². The molecule has 0 radical (unpaired) electrons. The van der Waals surface area contributed by atoms with Gasteiger partial charge in [0.2, 0.25) is 0 Å². The van der Waals surface area contributed by atoms with Crippen LogP contribution in [0, 0.1) is 0 Å². The van der Waals surface area contributed by atoms with Gasteiger partial charge in [0, 0.05) is 5.57 Å². The maximum Gasteiger partial charge on any atom is 0.275 e. The van der Waals surface area contributed by atoms with Crippen molar-refractivity contribution in [3.8, 4) is 0 Å². The van der Waals surface area contributed by atoms with Gasteiger partial charge in [-0.1, -0.05) is 23.9 Å². The van der Waals surface area contributed by atoms with Crippen LogP contribution >= 0.6 is 0 Å². The second-order valence-electron chi connectivity index (χ2n) is 3.08.